The zero-order chi connectivity index (χ0) is 22.2. The van der Waals surface area contributed by atoms with Crippen LogP contribution in [0.15, 0.2) is 53.9 Å². The Morgan fingerprint density at radius 1 is 1.16 bits per heavy atom. The third-order valence-corrected chi connectivity index (χ3v) is 6.09. The Hall–Kier alpha value is -3.52. The van der Waals surface area contributed by atoms with Crippen LogP contribution in [0.3, 0.4) is 0 Å². The number of hydrogen-bond donors (Lipinski definition) is 2. The molecule has 158 valence electrons. The zero-order valence-corrected chi connectivity index (χ0v) is 18.2. The summed E-state index contributed by atoms with van der Waals surface area (Å²) in [5.41, 5.74) is 3.49. The minimum absolute atomic E-state index is 0.383. The average molecular weight is 435 g/mol. The van der Waals surface area contributed by atoms with Gasteiger partial charge >= 0.3 is 6.03 Å². The van der Waals surface area contributed by atoms with Crippen LogP contribution in [0.1, 0.15) is 23.6 Å². The molecule has 2 N–H and O–H groups in total. The van der Waals surface area contributed by atoms with Gasteiger partial charge in [0, 0.05) is 10.9 Å². The Kier molecular flexibility index (Phi) is 5.32. The first kappa shape index (κ1) is 20.7. The van der Waals surface area contributed by atoms with Crippen molar-refractivity contribution in [3.63, 3.8) is 0 Å². The molecule has 31 heavy (non-hydrogen) atoms. The van der Waals surface area contributed by atoms with Gasteiger partial charge in [-0.25, -0.2) is 9.78 Å². The summed E-state index contributed by atoms with van der Waals surface area (Å²) in [6, 6.07) is 14.5. The van der Waals surface area contributed by atoms with Crippen LogP contribution >= 0.6 is 11.3 Å². The highest BCUT2D eigenvalue weighted by Gasteiger charge is 2.49. The van der Waals surface area contributed by atoms with E-state index in [9.17, 15) is 14.4 Å². The van der Waals surface area contributed by atoms with Crippen molar-refractivity contribution in [1.82, 2.24) is 15.2 Å². The minimum atomic E-state index is -1.20. The molecule has 1 aromatic heterocycles. The molecule has 1 atom stereocenters. The molecule has 1 unspecified atom stereocenters. The summed E-state index contributed by atoms with van der Waals surface area (Å²) in [5.74, 6) is -0.948. The van der Waals surface area contributed by atoms with Crippen LogP contribution in [0.2, 0.25) is 0 Å². The number of hydrogen-bond acceptors (Lipinski definition) is 5. The quantitative estimate of drug-likeness (QED) is 0.597. The fraction of sp³-hybridized carbons (Fsp3) is 0.217. The van der Waals surface area contributed by atoms with Gasteiger partial charge in [0.2, 0.25) is 5.91 Å². The van der Waals surface area contributed by atoms with Crippen molar-refractivity contribution in [1.29, 1.82) is 0 Å². The number of carbonyl (C=O) groups excluding carboxylic acids is 3. The van der Waals surface area contributed by atoms with E-state index in [4.69, 9.17) is 0 Å². The lowest BCUT2D eigenvalue weighted by atomic mass is 9.92. The average Bonchev–Trinajstić information content (AvgIpc) is 3.27. The van der Waals surface area contributed by atoms with Gasteiger partial charge in [0.1, 0.15) is 12.1 Å². The number of aromatic nitrogens is 1. The minimum Gasteiger partial charge on any atom is -0.319 e. The van der Waals surface area contributed by atoms with Crippen molar-refractivity contribution < 1.29 is 14.4 Å². The van der Waals surface area contributed by atoms with Crippen LogP contribution in [0.5, 0.6) is 0 Å². The molecule has 3 aromatic rings. The lowest BCUT2D eigenvalue weighted by molar-refractivity contribution is -0.133. The van der Waals surface area contributed by atoms with E-state index in [-0.39, 0.29) is 6.54 Å². The van der Waals surface area contributed by atoms with E-state index in [1.807, 2.05) is 37.4 Å². The lowest BCUT2D eigenvalue weighted by Gasteiger charge is -2.21. The molecule has 4 rings (SSSR count). The summed E-state index contributed by atoms with van der Waals surface area (Å²) in [5, 5.41) is 7.67. The number of rotatable bonds is 5. The first-order valence-corrected chi connectivity index (χ1v) is 10.7. The second-order valence-corrected chi connectivity index (χ2v) is 8.58. The Bertz CT molecular complexity index is 1170. The van der Waals surface area contributed by atoms with Gasteiger partial charge in [0.25, 0.3) is 5.91 Å². The standard InChI is InChI=1S/C23H22N4O3S/c1-14-9-10-17(15(2)11-14)18-13-31-21(24-18)25-19(28)12-27-20(29)23(3,26-22(27)30)16-7-5-4-6-8-16/h4-11,13H,12H2,1-3H3,(H,26,30)(H,24,25,28). The van der Waals surface area contributed by atoms with Gasteiger partial charge in [-0.1, -0.05) is 54.1 Å². The number of amides is 4. The SMILES string of the molecule is Cc1ccc(-c2csc(NC(=O)CN3C(=O)NC(C)(c4ccccc4)C3=O)n2)c(C)c1. The number of imide groups is 1. The molecule has 1 aliphatic rings. The van der Waals surface area contributed by atoms with Crippen LogP contribution in [-0.4, -0.2) is 34.3 Å². The first-order chi connectivity index (χ1) is 14.8. The molecule has 1 fully saturated rings. The maximum absolute atomic E-state index is 12.9. The normalized spacial score (nSPS) is 18.2. The van der Waals surface area contributed by atoms with Crippen LogP contribution in [0.4, 0.5) is 9.93 Å². The molecule has 0 aliphatic carbocycles. The molecule has 0 saturated carbocycles. The molecule has 2 aromatic carbocycles. The molecule has 8 heteroatoms. The van der Waals surface area contributed by atoms with Gasteiger partial charge < -0.3 is 10.6 Å². The maximum atomic E-state index is 12.9. The van der Waals surface area contributed by atoms with Crippen LogP contribution < -0.4 is 10.6 Å². The highest BCUT2D eigenvalue weighted by atomic mass is 32.1. The van der Waals surface area contributed by atoms with Gasteiger partial charge in [-0.15, -0.1) is 11.3 Å². The molecule has 0 bridgehead atoms. The third kappa shape index (κ3) is 3.94. The van der Waals surface area contributed by atoms with Crippen LogP contribution in [0.25, 0.3) is 11.3 Å². The highest BCUT2D eigenvalue weighted by Crippen LogP contribution is 2.30. The lowest BCUT2D eigenvalue weighted by Crippen LogP contribution is -2.42. The van der Waals surface area contributed by atoms with E-state index >= 15 is 0 Å². The number of nitrogens with zero attached hydrogens (tertiary/aromatic N) is 2. The second-order valence-electron chi connectivity index (χ2n) is 7.72. The Balaban J connectivity index is 1.45. The number of urea groups is 1. The number of anilines is 1. The predicted molar refractivity (Wildman–Crippen MR) is 120 cm³/mol. The summed E-state index contributed by atoms with van der Waals surface area (Å²) in [7, 11) is 0. The number of aryl methyl sites for hydroxylation is 2. The topological polar surface area (TPSA) is 91.4 Å². The summed E-state index contributed by atoms with van der Waals surface area (Å²) >= 11 is 1.29. The fourth-order valence-corrected chi connectivity index (χ4v) is 4.39. The fourth-order valence-electron chi connectivity index (χ4n) is 3.67. The monoisotopic (exact) mass is 434 g/mol. The van der Waals surface area contributed by atoms with Crippen LogP contribution in [-0.2, 0) is 15.1 Å². The molecule has 0 spiro atoms. The molecule has 1 saturated heterocycles. The number of thiazole rings is 1. The molecule has 7 nitrogen and oxygen atoms in total. The summed E-state index contributed by atoms with van der Waals surface area (Å²) in [4.78, 5) is 43.3. The van der Waals surface area contributed by atoms with Gasteiger partial charge in [-0.3, -0.25) is 14.5 Å². The smallest absolute Gasteiger partial charge is 0.319 e. The van der Waals surface area contributed by atoms with E-state index in [1.54, 1.807) is 31.2 Å². The van der Waals surface area contributed by atoms with Crippen molar-refractivity contribution in [3.05, 3.63) is 70.6 Å². The molecular weight excluding hydrogens is 412 g/mol. The zero-order valence-electron chi connectivity index (χ0n) is 17.4. The van der Waals surface area contributed by atoms with Crippen molar-refractivity contribution >= 4 is 34.3 Å². The Morgan fingerprint density at radius 2 is 1.90 bits per heavy atom. The number of carbonyl (C=O) groups is 3. The largest absolute Gasteiger partial charge is 0.325 e. The van der Waals surface area contributed by atoms with E-state index in [2.05, 4.69) is 21.7 Å². The second kappa shape index (κ2) is 7.96. The van der Waals surface area contributed by atoms with Crippen molar-refractivity contribution in [2.45, 2.75) is 26.3 Å². The number of nitrogens with one attached hydrogen (secondary N) is 2. The van der Waals surface area contributed by atoms with E-state index in [1.165, 1.54) is 16.9 Å². The Morgan fingerprint density at radius 3 is 2.61 bits per heavy atom. The Labute approximate surface area is 184 Å². The molecule has 0 radical (unpaired) electrons. The van der Waals surface area contributed by atoms with E-state index in [0.717, 1.165) is 21.7 Å². The van der Waals surface area contributed by atoms with Gasteiger partial charge in [-0.05, 0) is 31.9 Å². The van der Waals surface area contributed by atoms with Crippen LogP contribution in [0, 0.1) is 13.8 Å². The molecule has 1 aliphatic heterocycles. The highest BCUT2D eigenvalue weighted by molar-refractivity contribution is 7.14. The summed E-state index contributed by atoms with van der Waals surface area (Å²) in [6.07, 6.45) is 0. The van der Waals surface area contributed by atoms with Crippen molar-refractivity contribution in [2.75, 3.05) is 11.9 Å². The molecule has 2 heterocycles. The molecule has 4 amide bonds. The first-order valence-electron chi connectivity index (χ1n) is 9.80. The van der Waals surface area contributed by atoms with Gasteiger partial charge in [-0.2, -0.15) is 0 Å². The number of benzene rings is 2. The predicted octanol–water partition coefficient (Wildman–Crippen LogP) is 3.83. The summed E-state index contributed by atoms with van der Waals surface area (Å²) in [6.45, 7) is 5.30. The molecular formula is C23H22N4O3S. The van der Waals surface area contributed by atoms with Crippen molar-refractivity contribution in [2.24, 2.45) is 0 Å². The van der Waals surface area contributed by atoms with Crippen molar-refractivity contribution in [3.8, 4) is 11.3 Å². The van der Waals surface area contributed by atoms with Gasteiger partial charge in [0.05, 0.1) is 5.69 Å². The van der Waals surface area contributed by atoms with E-state index < -0.39 is 23.4 Å². The van der Waals surface area contributed by atoms with Gasteiger partial charge in [0.15, 0.2) is 5.13 Å². The third-order valence-electron chi connectivity index (χ3n) is 5.34. The maximum Gasteiger partial charge on any atom is 0.325 e. The van der Waals surface area contributed by atoms with E-state index in [0.29, 0.717) is 10.7 Å². The summed E-state index contributed by atoms with van der Waals surface area (Å²) < 4.78 is 0.